The third-order valence-corrected chi connectivity index (χ3v) is 4.91. The fraction of sp³-hybridized carbons (Fsp3) is 0.222. The van der Waals surface area contributed by atoms with E-state index >= 15 is 0 Å². The van der Waals surface area contributed by atoms with Gasteiger partial charge in [-0.3, -0.25) is 0 Å². The van der Waals surface area contributed by atoms with Crippen LogP contribution in [0.25, 0.3) is 10.1 Å². The second-order valence-corrected chi connectivity index (χ2v) is 6.27. The molecule has 1 aromatic heterocycles. The van der Waals surface area contributed by atoms with Crippen LogP contribution in [0.1, 0.15) is 16.5 Å². The first-order chi connectivity index (χ1) is 10.8. The molecule has 3 aromatic rings. The van der Waals surface area contributed by atoms with Gasteiger partial charge in [-0.2, -0.15) is 0 Å². The maximum absolute atomic E-state index is 9.69. The molecule has 0 aliphatic rings. The van der Waals surface area contributed by atoms with Gasteiger partial charge in [0.1, 0.15) is 5.75 Å². The summed E-state index contributed by atoms with van der Waals surface area (Å²) in [5.41, 5.74) is 1.17. The number of aliphatic hydroxyl groups excluding tert-OH is 1. The number of hydrogen-bond acceptors (Lipinski definition) is 4. The van der Waals surface area contributed by atoms with Gasteiger partial charge in [0.05, 0.1) is 19.8 Å². The number of methoxy groups -OCH3 is 1. The van der Waals surface area contributed by atoms with Crippen molar-refractivity contribution in [1.29, 1.82) is 0 Å². The Balaban J connectivity index is 1.70. The highest BCUT2D eigenvalue weighted by Crippen LogP contribution is 2.29. The van der Waals surface area contributed by atoms with Crippen LogP contribution in [0.5, 0.6) is 5.75 Å². The molecule has 0 bridgehead atoms. The summed E-state index contributed by atoms with van der Waals surface area (Å²) in [5, 5.41) is 14.3. The Kier molecular flexibility index (Phi) is 4.73. The van der Waals surface area contributed by atoms with Crippen molar-refractivity contribution in [2.45, 2.75) is 12.6 Å². The molecule has 4 heteroatoms. The molecule has 0 unspecified atom stereocenters. The van der Waals surface area contributed by atoms with Gasteiger partial charge in [0, 0.05) is 16.1 Å². The van der Waals surface area contributed by atoms with Gasteiger partial charge in [0.2, 0.25) is 0 Å². The molecule has 1 heterocycles. The summed E-state index contributed by atoms with van der Waals surface area (Å²) >= 11 is 1.73. The lowest BCUT2D eigenvalue weighted by molar-refractivity contribution is 0.245. The van der Waals surface area contributed by atoms with Crippen LogP contribution < -0.4 is 10.1 Å². The number of aliphatic hydroxyl groups is 1. The fourth-order valence-electron chi connectivity index (χ4n) is 2.41. The van der Waals surface area contributed by atoms with Crippen LogP contribution in [0, 0.1) is 0 Å². The number of hydrogen-bond donors (Lipinski definition) is 2. The molecule has 0 fully saturated rings. The van der Waals surface area contributed by atoms with Crippen molar-refractivity contribution >= 4 is 21.4 Å². The second-order valence-electron chi connectivity index (χ2n) is 5.15. The quantitative estimate of drug-likeness (QED) is 0.728. The molecule has 2 N–H and O–H groups in total. The SMILES string of the molecule is COc1ccc(CN[C@H](CO)c2cc3ccccc3s2)cc1. The lowest BCUT2D eigenvalue weighted by Crippen LogP contribution is -2.23. The van der Waals surface area contributed by atoms with Crippen molar-refractivity contribution in [1.82, 2.24) is 5.32 Å². The van der Waals surface area contributed by atoms with E-state index in [0.29, 0.717) is 6.54 Å². The molecule has 0 radical (unpaired) electrons. The molecule has 114 valence electrons. The largest absolute Gasteiger partial charge is 0.497 e. The van der Waals surface area contributed by atoms with E-state index in [1.54, 1.807) is 18.4 Å². The summed E-state index contributed by atoms with van der Waals surface area (Å²) in [6, 6.07) is 18.4. The van der Waals surface area contributed by atoms with Crippen molar-refractivity contribution in [3.63, 3.8) is 0 Å². The van der Waals surface area contributed by atoms with Crippen molar-refractivity contribution in [3.8, 4) is 5.75 Å². The first kappa shape index (κ1) is 15.0. The van der Waals surface area contributed by atoms with Gasteiger partial charge in [-0.15, -0.1) is 11.3 Å². The predicted molar refractivity (Wildman–Crippen MR) is 91.5 cm³/mol. The summed E-state index contributed by atoms with van der Waals surface area (Å²) in [6.45, 7) is 0.798. The zero-order valence-corrected chi connectivity index (χ0v) is 13.3. The maximum Gasteiger partial charge on any atom is 0.118 e. The minimum Gasteiger partial charge on any atom is -0.497 e. The normalized spacial score (nSPS) is 12.5. The van der Waals surface area contributed by atoms with Crippen molar-refractivity contribution in [2.75, 3.05) is 13.7 Å². The van der Waals surface area contributed by atoms with Crippen LogP contribution in [-0.2, 0) is 6.54 Å². The van der Waals surface area contributed by atoms with Gasteiger partial charge in [-0.05, 0) is 35.2 Å². The molecule has 0 spiro atoms. The molecule has 0 aliphatic heterocycles. The number of benzene rings is 2. The Hall–Kier alpha value is -1.88. The van der Waals surface area contributed by atoms with E-state index in [4.69, 9.17) is 4.74 Å². The van der Waals surface area contributed by atoms with Crippen LogP contribution in [0.3, 0.4) is 0 Å². The average Bonchev–Trinajstić information content (AvgIpc) is 3.00. The Bertz CT molecular complexity index is 703. The van der Waals surface area contributed by atoms with Gasteiger partial charge < -0.3 is 15.2 Å². The highest BCUT2D eigenvalue weighted by Gasteiger charge is 2.13. The molecule has 0 amide bonds. The minimum atomic E-state index is -0.0421. The van der Waals surface area contributed by atoms with Gasteiger partial charge in [0.25, 0.3) is 0 Å². The number of rotatable bonds is 6. The van der Waals surface area contributed by atoms with Gasteiger partial charge in [-0.25, -0.2) is 0 Å². The van der Waals surface area contributed by atoms with Crippen LogP contribution >= 0.6 is 11.3 Å². The smallest absolute Gasteiger partial charge is 0.118 e. The monoisotopic (exact) mass is 313 g/mol. The molecular weight excluding hydrogens is 294 g/mol. The third kappa shape index (κ3) is 3.30. The van der Waals surface area contributed by atoms with Crippen LogP contribution in [-0.4, -0.2) is 18.8 Å². The molecule has 0 saturated carbocycles. The second kappa shape index (κ2) is 6.92. The van der Waals surface area contributed by atoms with Gasteiger partial charge >= 0.3 is 0 Å². The standard InChI is InChI=1S/C18H19NO2S/c1-21-15-8-6-13(7-9-15)11-19-16(12-20)18-10-14-4-2-3-5-17(14)22-18/h2-10,16,19-20H,11-12H2,1H3/t16-/m1/s1. The maximum atomic E-state index is 9.69. The average molecular weight is 313 g/mol. The highest BCUT2D eigenvalue weighted by molar-refractivity contribution is 7.19. The Morgan fingerprint density at radius 2 is 1.91 bits per heavy atom. The Labute approximate surface area is 134 Å². The summed E-state index contributed by atoms with van der Waals surface area (Å²) in [4.78, 5) is 1.16. The lowest BCUT2D eigenvalue weighted by Gasteiger charge is -2.14. The van der Waals surface area contributed by atoms with Crippen LogP contribution in [0.2, 0.25) is 0 Å². The first-order valence-corrected chi connectivity index (χ1v) is 8.07. The predicted octanol–water partition coefficient (Wildman–Crippen LogP) is 3.73. The van der Waals surface area contributed by atoms with E-state index in [0.717, 1.165) is 10.6 Å². The van der Waals surface area contributed by atoms with E-state index in [9.17, 15) is 5.11 Å². The molecule has 0 aliphatic carbocycles. The number of thiophene rings is 1. The molecule has 3 nitrogen and oxygen atoms in total. The molecule has 0 saturated heterocycles. The zero-order valence-electron chi connectivity index (χ0n) is 12.5. The first-order valence-electron chi connectivity index (χ1n) is 7.26. The molecule has 3 rings (SSSR count). The van der Waals surface area contributed by atoms with E-state index < -0.39 is 0 Å². The van der Waals surface area contributed by atoms with Gasteiger partial charge in [0.15, 0.2) is 0 Å². The number of ether oxygens (including phenoxy) is 1. The third-order valence-electron chi connectivity index (χ3n) is 3.68. The fourth-order valence-corrected chi connectivity index (χ4v) is 3.55. The number of fused-ring (bicyclic) bond motifs is 1. The molecule has 1 atom stereocenters. The van der Waals surface area contributed by atoms with E-state index in [1.807, 2.05) is 36.4 Å². The number of nitrogens with one attached hydrogen (secondary N) is 1. The molecule has 2 aromatic carbocycles. The Morgan fingerprint density at radius 1 is 1.14 bits per heavy atom. The van der Waals surface area contributed by atoms with Crippen LogP contribution in [0.4, 0.5) is 0 Å². The van der Waals surface area contributed by atoms with Gasteiger partial charge in [-0.1, -0.05) is 30.3 Å². The summed E-state index contributed by atoms with van der Waals surface area (Å²) in [6.07, 6.45) is 0. The van der Waals surface area contributed by atoms with Crippen molar-refractivity contribution in [3.05, 3.63) is 65.0 Å². The molecule has 22 heavy (non-hydrogen) atoms. The van der Waals surface area contributed by atoms with E-state index in [1.165, 1.54) is 15.6 Å². The zero-order chi connectivity index (χ0) is 15.4. The Morgan fingerprint density at radius 3 is 2.59 bits per heavy atom. The van der Waals surface area contributed by atoms with Crippen molar-refractivity contribution in [2.24, 2.45) is 0 Å². The summed E-state index contributed by atoms with van der Waals surface area (Å²) < 4.78 is 6.41. The summed E-state index contributed by atoms with van der Waals surface area (Å²) in [5.74, 6) is 0.854. The summed E-state index contributed by atoms with van der Waals surface area (Å²) in [7, 11) is 1.66. The lowest BCUT2D eigenvalue weighted by atomic mass is 10.1. The molecular formula is C18H19NO2S. The van der Waals surface area contributed by atoms with E-state index in [2.05, 4.69) is 23.5 Å². The van der Waals surface area contributed by atoms with Crippen LogP contribution in [0.15, 0.2) is 54.6 Å². The minimum absolute atomic E-state index is 0.0421. The topological polar surface area (TPSA) is 41.5 Å². The highest BCUT2D eigenvalue weighted by atomic mass is 32.1. The van der Waals surface area contributed by atoms with E-state index in [-0.39, 0.29) is 12.6 Å². The van der Waals surface area contributed by atoms with Crippen molar-refractivity contribution < 1.29 is 9.84 Å².